The molecule has 0 unspecified atom stereocenters. The van der Waals surface area contributed by atoms with E-state index >= 15 is 0 Å². The minimum absolute atomic E-state index is 0.0505. The largest absolute Gasteiger partial charge is 0.508 e. The van der Waals surface area contributed by atoms with Crippen LogP contribution < -0.4 is 5.32 Å². The molecule has 2 N–H and O–H groups in total. The van der Waals surface area contributed by atoms with E-state index in [1.165, 1.54) is 17.8 Å². The minimum Gasteiger partial charge on any atom is -0.508 e. The van der Waals surface area contributed by atoms with Crippen LogP contribution in [0.3, 0.4) is 0 Å². The van der Waals surface area contributed by atoms with Crippen LogP contribution in [-0.4, -0.2) is 32.7 Å². The molecule has 2 aromatic carbocycles. The van der Waals surface area contributed by atoms with E-state index < -0.39 is 0 Å². The third-order valence-corrected chi connectivity index (χ3v) is 5.76. The standard InChI is InChI=1S/C22H22N2O3S2/c25-18-11-7-10-17(15-18)23-20(26)12-5-2-6-13-24-21(27)19(29-22(24)28)14-16-8-3-1-4-9-16/h1,3-4,7-11,14-15,25H,2,5-6,12-13H2,(H,23,26). The molecule has 7 heteroatoms. The maximum atomic E-state index is 12.6. The van der Waals surface area contributed by atoms with Gasteiger partial charge < -0.3 is 10.4 Å². The number of carbonyl (C=O) groups is 2. The molecule has 2 amide bonds. The second kappa shape index (κ2) is 10.2. The highest BCUT2D eigenvalue weighted by atomic mass is 32.2. The number of hydrogen-bond acceptors (Lipinski definition) is 5. The molecule has 29 heavy (non-hydrogen) atoms. The van der Waals surface area contributed by atoms with E-state index in [1.807, 2.05) is 36.4 Å². The number of nitrogens with zero attached hydrogens (tertiary/aromatic N) is 1. The zero-order valence-corrected chi connectivity index (χ0v) is 17.5. The molecule has 0 atom stereocenters. The van der Waals surface area contributed by atoms with Gasteiger partial charge in [0.15, 0.2) is 0 Å². The van der Waals surface area contributed by atoms with Crippen molar-refractivity contribution in [3.63, 3.8) is 0 Å². The maximum Gasteiger partial charge on any atom is 0.266 e. The third-order valence-electron chi connectivity index (χ3n) is 4.39. The smallest absolute Gasteiger partial charge is 0.266 e. The number of aromatic hydroxyl groups is 1. The summed E-state index contributed by atoms with van der Waals surface area (Å²) in [5.41, 5.74) is 1.56. The maximum absolute atomic E-state index is 12.6. The number of phenolic OH excluding ortho intramolecular Hbond substituents is 1. The molecule has 0 aliphatic carbocycles. The number of hydrogen-bond donors (Lipinski definition) is 2. The van der Waals surface area contributed by atoms with Crippen molar-refractivity contribution in [3.05, 3.63) is 65.1 Å². The Morgan fingerprint density at radius 2 is 1.90 bits per heavy atom. The SMILES string of the molecule is O=C(CCCCCN1C(=O)C(=Cc2ccccc2)SC1=S)Nc1cccc(O)c1. The number of carbonyl (C=O) groups excluding carboxylic acids is 2. The van der Waals surface area contributed by atoms with Gasteiger partial charge in [0.1, 0.15) is 10.1 Å². The van der Waals surface area contributed by atoms with E-state index in [2.05, 4.69) is 5.32 Å². The molecule has 0 radical (unpaired) electrons. The molecule has 3 rings (SSSR count). The molecular formula is C22H22N2O3S2. The van der Waals surface area contributed by atoms with Crippen molar-refractivity contribution in [1.29, 1.82) is 0 Å². The van der Waals surface area contributed by atoms with Crippen LogP contribution >= 0.6 is 24.0 Å². The van der Waals surface area contributed by atoms with Crippen molar-refractivity contribution in [2.75, 3.05) is 11.9 Å². The fourth-order valence-corrected chi connectivity index (χ4v) is 4.24. The average molecular weight is 427 g/mol. The Bertz CT molecular complexity index is 929. The highest BCUT2D eigenvalue weighted by Crippen LogP contribution is 2.32. The molecule has 1 aliphatic rings. The summed E-state index contributed by atoms with van der Waals surface area (Å²) in [5, 5.41) is 12.2. The van der Waals surface area contributed by atoms with Crippen LogP contribution in [0.4, 0.5) is 5.69 Å². The van der Waals surface area contributed by atoms with Crippen LogP contribution in [0.5, 0.6) is 5.75 Å². The zero-order valence-electron chi connectivity index (χ0n) is 15.8. The second-order valence-electron chi connectivity index (χ2n) is 6.65. The molecule has 5 nitrogen and oxygen atoms in total. The average Bonchev–Trinajstić information content (AvgIpc) is 2.95. The van der Waals surface area contributed by atoms with Crippen molar-refractivity contribution in [1.82, 2.24) is 4.90 Å². The highest BCUT2D eigenvalue weighted by molar-refractivity contribution is 8.26. The van der Waals surface area contributed by atoms with Crippen molar-refractivity contribution in [3.8, 4) is 5.75 Å². The first-order valence-corrected chi connectivity index (χ1v) is 10.6. The van der Waals surface area contributed by atoms with Crippen LogP contribution in [-0.2, 0) is 9.59 Å². The fourth-order valence-electron chi connectivity index (χ4n) is 2.93. The quantitative estimate of drug-likeness (QED) is 0.361. The minimum atomic E-state index is -0.0907. The molecule has 150 valence electrons. The predicted octanol–water partition coefficient (Wildman–Crippen LogP) is 4.79. The Morgan fingerprint density at radius 3 is 2.66 bits per heavy atom. The van der Waals surface area contributed by atoms with Gasteiger partial charge in [-0.25, -0.2) is 0 Å². The molecule has 0 bridgehead atoms. The van der Waals surface area contributed by atoms with Crippen LogP contribution in [0.2, 0.25) is 0 Å². The highest BCUT2D eigenvalue weighted by Gasteiger charge is 2.31. The molecule has 1 saturated heterocycles. The summed E-state index contributed by atoms with van der Waals surface area (Å²) in [6.07, 6.45) is 4.58. The van der Waals surface area contributed by atoms with E-state index in [0.29, 0.717) is 27.9 Å². The Labute approximate surface area is 179 Å². The number of unbranched alkanes of at least 4 members (excludes halogenated alkanes) is 2. The van der Waals surface area contributed by atoms with Gasteiger partial charge in [-0.3, -0.25) is 14.5 Å². The predicted molar refractivity (Wildman–Crippen MR) is 122 cm³/mol. The monoisotopic (exact) mass is 426 g/mol. The summed E-state index contributed by atoms with van der Waals surface area (Å²) in [6, 6.07) is 16.2. The number of thiocarbonyl (C=S) groups is 1. The summed E-state index contributed by atoms with van der Waals surface area (Å²) in [4.78, 5) is 26.8. The Kier molecular flexibility index (Phi) is 7.43. The third kappa shape index (κ3) is 6.17. The molecule has 0 aromatic heterocycles. The number of benzene rings is 2. The van der Waals surface area contributed by atoms with E-state index in [1.54, 1.807) is 23.1 Å². The number of anilines is 1. The van der Waals surface area contributed by atoms with Crippen LogP contribution in [0.25, 0.3) is 6.08 Å². The van der Waals surface area contributed by atoms with Crippen LogP contribution in [0, 0.1) is 0 Å². The number of thioether (sulfide) groups is 1. The van der Waals surface area contributed by atoms with Gasteiger partial charge in [-0.1, -0.05) is 66.8 Å². The summed E-state index contributed by atoms with van der Waals surface area (Å²) in [7, 11) is 0. The Morgan fingerprint density at radius 1 is 1.10 bits per heavy atom. The first-order valence-electron chi connectivity index (χ1n) is 9.42. The summed E-state index contributed by atoms with van der Waals surface area (Å²) >= 11 is 6.69. The van der Waals surface area contributed by atoms with Gasteiger partial charge in [0.25, 0.3) is 5.91 Å². The first-order chi connectivity index (χ1) is 14.0. The summed E-state index contributed by atoms with van der Waals surface area (Å²) in [5.74, 6) is -0.0231. The van der Waals surface area contributed by atoms with Gasteiger partial charge in [0.05, 0.1) is 4.91 Å². The summed E-state index contributed by atoms with van der Waals surface area (Å²) in [6.45, 7) is 0.560. The zero-order chi connectivity index (χ0) is 20.6. The fraction of sp³-hybridized carbons (Fsp3) is 0.227. The van der Waals surface area contributed by atoms with Crippen molar-refractivity contribution in [2.24, 2.45) is 0 Å². The van der Waals surface area contributed by atoms with E-state index in [0.717, 1.165) is 24.8 Å². The lowest BCUT2D eigenvalue weighted by Crippen LogP contribution is -2.29. The molecule has 1 aliphatic heterocycles. The van der Waals surface area contributed by atoms with Crippen molar-refractivity contribution >= 4 is 51.9 Å². The normalized spacial score (nSPS) is 15.2. The molecule has 1 fully saturated rings. The number of amides is 2. The Hall–Kier alpha value is -2.64. The van der Waals surface area contributed by atoms with Gasteiger partial charge in [0.2, 0.25) is 5.91 Å². The number of phenols is 1. The topological polar surface area (TPSA) is 69.6 Å². The number of rotatable bonds is 8. The van der Waals surface area contributed by atoms with Gasteiger partial charge in [-0.15, -0.1) is 0 Å². The van der Waals surface area contributed by atoms with Gasteiger partial charge >= 0.3 is 0 Å². The molecular weight excluding hydrogens is 404 g/mol. The van der Waals surface area contributed by atoms with Gasteiger partial charge in [0, 0.05) is 24.7 Å². The van der Waals surface area contributed by atoms with E-state index in [4.69, 9.17) is 12.2 Å². The molecule has 1 heterocycles. The van der Waals surface area contributed by atoms with Gasteiger partial charge in [-0.05, 0) is 36.6 Å². The molecule has 2 aromatic rings. The van der Waals surface area contributed by atoms with Crippen molar-refractivity contribution in [2.45, 2.75) is 25.7 Å². The lowest BCUT2D eigenvalue weighted by atomic mass is 10.1. The lowest BCUT2D eigenvalue weighted by molar-refractivity contribution is -0.122. The van der Waals surface area contributed by atoms with E-state index in [9.17, 15) is 14.7 Å². The van der Waals surface area contributed by atoms with Crippen molar-refractivity contribution < 1.29 is 14.7 Å². The molecule has 0 spiro atoms. The van der Waals surface area contributed by atoms with Crippen LogP contribution in [0.15, 0.2) is 59.5 Å². The van der Waals surface area contributed by atoms with Crippen LogP contribution in [0.1, 0.15) is 31.2 Å². The lowest BCUT2D eigenvalue weighted by Gasteiger charge is -2.14. The van der Waals surface area contributed by atoms with E-state index in [-0.39, 0.29) is 17.6 Å². The first kappa shape index (κ1) is 21.1. The number of nitrogens with one attached hydrogen (secondary N) is 1. The summed E-state index contributed by atoms with van der Waals surface area (Å²) < 4.78 is 0.582. The molecule has 0 saturated carbocycles. The Balaban J connectivity index is 1.40. The van der Waals surface area contributed by atoms with Gasteiger partial charge in [-0.2, -0.15) is 0 Å². The second-order valence-corrected chi connectivity index (χ2v) is 8.33.